The summed E-state index contributed by atoms with van der Waals surface area (Å²) < 4.78 is 0. The number of rotatable bonds is 0. The van der Waals surface area contributed by atoms with Crippen molar-refractivity contribution in [2.45, 2.75) is 0 Å². The van der Waals surface area contributed by atoms with Gasteiger partial charge in [0.05, 0.1) is 0 Å². The Morgan fingerprint density at radius 3 is 0.714 bits per heavy atom. The van der Waals surface area contributed by atoms with Crippen molar-refractivity contribution in [2.24, 2.45) is 0 Å². The molecule has 0 spiro atoms. The van der Waals surface area contributed by atoms with Gasteiger partial charge < -0.3 is 19.6 Å². The maximum absolute atomic E-state index is 8.46. The summed E-state index contributed by atoms with van der Waals surface area (Å²) in [6.45, 7) is 0. The van der Waals surface area contributed by atoms with Crippen molar-refractivity contribution in [3.63, 3.8) is 0 Å². The summed E-state index contributed by atoms with van der Waals surface area (Å²) in [5.41, 5.74) is 0. The molecule has 1 radical (unpaired) electrons. The van der Waals surface area contributed by atoms with Crippen molar-refractivity contribution < 1.29 is 36.6 Å². The van der Waals surface area contributed by atoms with E-state index in [2.05, 4.69) is 0 Å². The zero-order valence-electron chi connectivity index (χ0n) is 3.17. The van der Waals surface area contributed by atoms with E-state index in [0.717, 1.165) is 0 Å². The van der Waals surface area contributed by atoms with Gasteiger partial charge in [-0.3, -0.25) is 0 Å². The molecule has 0 aliphatic carbocycles. The Morgan fingerprint density at radius 2 is 0.714 bits per heavy atom. The topological polar surface area (TPSA) is 92.2 Å². The minimum Gasteiger partial charge on any atom is -0.687 e. The molecule has 0 rings (SSSR count). The van der Waals surface area contributed by atoms with Crippen LogP contribution in [0.4, 0.5) is 0 Å². The fraction of sp³-hybridized carbons (Fsp3) is 0. The molecule has 45 valence electrons. The van der Waals surface area contributed by atoms with Gasteiger partial charge in [-0.15, -0.1) is 18.1 Å². The van der Waals surface area contributed by atoms with Crippen LogP contribution in [0.3, 0.4) is 0 Å². The molecule has 0 aliphatic heterocycles. The fourth-order valence-electron chi connectivity index (χ4n) is 0. The average Bonchev–Trinajstić information content (AvgIpc) is 1.39. The van der Waals surface area contributed by atoms with Gasteiger partial charge in [0.25, 0.3) is 0 Å². The average molecular weight is 185 g/mol. The van der Waals surface area contributed by atoms with E-state index in [1.54, 1.807) is 0 Å². The summed E-state index contributed by atoms with van der Waals surface area (Å²) in [4.78, 5) is 33.8. The molecule has 0 bridgehead atoms. The van der Waals surface area contributed by atoms with Crippen molar-refractivity contribution >= 4 is 18.1 Å². The summed E-state index contributed by atoms with van der Waals surface area (Å²) in [5, 5.41) is 0. The Morgan fingerprint density at radius 1 is 0.714 bits per heavy atom. The van der Waals surface area contributed by atoms with Gasteiger partial charge in [-0.05, 0) is 0 Å². The minimum atomic E-state index is -1.75. The molecule has 0 fully saturated rings. The summed E-state index contributed by atoms with van der Waals surface area (Å²) >= 11 is 0. The van der Waals surface area contributed by atoms with E-state index in [-0.39, 0.29) is 17.1 Å². The van der Waals surface area contributed by atoms with E-state index in [4.69, 9.17) is 19.6 Å². The van der Waals surface area contributed by atoms with Crippen LogP contribution in [-0.2, 0) is 17.1 Å². The maximum atomic E-state index is 8.46. The van der Waals surface area contributed by atoms with Crippen LogP contribution in [0.25, 0.3) is 0 Å². The smallest absolute Gasteiger partial charge is 0.687 e. The summed E-state index contributed by atoms with van der Waals surface area (Å²) in [7, 11) is -3.50. The van der Waals surface area contributed by atoms with Gasteiger partial charge in [-0.1, -0.05) is 0 Å². The molecular formula is H4MnO4P2. The molecule has 0 saturated carbocycles. The molecule has 0 heterocycles. The first kappa shape index (κ1) is 15.7. The normalized spacial score (nSPS) is 5.14. The molecule has 7 heavy (non-hydrogen) atoms. The Hall–Kier alpha value is 1.22. The molecule has 0 unspecified atom stereocenters. The predicted molar refractivity (Wildman–Crippen MR) is 19.4 cm³/mol. The third-order valence-corrected chi connectivity index (χ3v) is 0. The molecule has 0 atom stereocenters. The van der Waals surface area contributed by atoms with Gasteiger partial charge in [0, 0.05) is 0 Å². The summed E-state index contributed by atoms with van der Waals surface area (Å²) in [6.07, 6.45) is 0. The van der Waals surface area contributed by atoms with Crippen LogP contribution in [0, 0.1) is 0 Å². The molecule has 0 saturated heterocycles. The van der Waals surface area contributed by atoms with E-state index < -0.39 is 18.1 Å². The minimum absolute atomic E-state index is 0. The third-order valence-electron chi connectivity index (χ3n) is 0. The van der Waals surface area contributed by atoms with Crippen LogP contribution in [0.2, 0.25) is 0 Å². The first-order chi connectivity index (χ1) is 2.83. The van der Waals surface area contributed by atoms with Crippen molar-refractivity contribution in [3.8, 4) is 0 Å². The van der Waals surface area contributed by atoms with Crippen LogP contribution in [-0.4, -0.2) is 0 Å². The van der Waals surface area contributed by atoms with Crippen LogP contribution < -0.4 is 19.6 Å². The third kappa shape index (κ3) is 132. The second-order valence-corrected chi connectivity index (χ2v) is 0.577. The first-order valence-electron chi connectivity index (χ1n) is 0.943. The quantitative estimate of drug-likeness (QED) is 0.283. The van der Waals surface area contributed by atoms with Crippen LogP contribution in [0.5, 0.6) is 0 Å². The van der Waals surface area contributed by atoms with E-state index in [1.165, 1.54) is 0 Å². The largest absolute Gasteiger partial charge is 2.00 e. The standard InChI is InChI=1S/Mn.2H2O2P/c;2*1-3-2/h;2*3H2/q+2;2*-1. The second kappa shape index (κ2) is 26.9. The zero-order chi connectivity index (χ0) is 5.41. The van der Waals surface area contributed by atoms with E-state index in [1.807, 2.05) is 0 Å². The van der Waals surface area contributed by atoms with Crippen LogP contribution in [0.15, 0.2) is 0 Å². The van der Waals surface area contributed by atoms with Gasteiger partial charge in [-0.25, -0.2) is 0 Å². The molecule has 0 aromatic carbocycles. The molecule has 0 aromatic rings. The second-order valence-electron chi connectivity index (χ2n) is 0.192. The van der Waals surface area contributed by atoms with E-state index in [0.29, 0.717) is 0 Å². The summed E-state index contributed by atoms with van der Waals surface area (Å²) in [5.74, 6) is 0. The zero-order valence-corrected chi connectivity index (χ0v) is 6.66. The molecule has 0 aliphatic rings. The Bertz CT molecular complexity index is 11.7. The molecule has 0 amide bonds. The van der Waals surface area contributed by atoms with E-state index in [9.17, 15) is 0 Å². The summed E-state index contributed by atoms with van der Waals surface area (Å²) in [6, 6.07) is 0. The number of hydrogen-bond donors (Lipinski definition) is 0. The Labute approximate surface area is 55.3 Å². The molecule has 0 N–H and O–H groups in total. The van der Waals surface area contributed by atoms with Gasteiger partial charge >= 0.3 is 17.1 Å². The van der Waals surface area contributed by atoms with Crippen molar-refractivity contribution in [1.29, 1.82) is 0 Å². The molecule has 4 nitrogen and oxygen atoms in total. The maximum Gasteiger partial charge on any atom is 2.00 e. The molecule has 7 heteroatoms. The fourth-order valence-corrected chi connectivity index (χ4v) is 0. The van der Waals surface area contributed by atoms with Gasteiger partial charge in [0.15, 0.2) is 0 Å². The van der Waals surface area contributed by atoms with Gasteiger partial charge in [0.1, 0.15) is 0 Å². The van der Waals surface area contributed by atoms with Crippen LogP contribution >= 0.6 is 18.1 Å². The number of hydrogen-bond acceptors (Lipinski definition) is 4. The van der Waals surface area contributed by atoms with Crippen molar-refractivity contribution in [1.82, 2.24) is 0 Å². The molecular weight excluding hydrogens is 181 g/mol. The van der Waals surface area contributed by atoms with Gasteiger partial charge in [-0.2, -0.15) is 0 Å². The van der Waals surface area contributed by atoms with Crippen molar-refractivity contribution in [3.05, 3.63) is 0 Å². The van der Waals surface area contributed by atoms with E-state index >= 15 is 0 Å². The SMILES string of the molecule is [Mn+2].[O-][PH2+][O-].[O-][PH2+][O-]. The first-order valence-corrected chi connectivity index (χ1v) is 2.83. The van der Waals surface area contributed by atoms with Crippen LogP contribution in [0.1, 0.15) is 0 Å². The predicted octanol–water partition coefficient (Wildman–Crippen LogP) is -4.11. The monoisotopic (exact) mass is 185 g/mol. The molecule has 0 aromatic heterocycles. The van der Waals surface area contributed by atoms with Crippen molar-refractivity contribution in [2.75, 3.05) is 0 Å². The van der Waals surface area contributed by atoms with Gasteiger partial charge in [0.2, 0.25) is 0 Å². The Balaban J connectivity index is -0.0000000400. The Kier molecular flexibility index (Phi) is 60.5.